The van der Waals surface area contributed by atoms with E-state index in [-0.39, 0.29) is 18.4 Å². The summed E-state index contributed by atoms with van der Waals surface area (Å²) in [5.41, 5.74) is -0.161. The SMILES string of the molecule is CC(C)(O)CCn1nc(NC(=O)C(C)(C)C)c2cc(-c3ccc4c(c3F)OCO4)cnc21. The van der Waals surface area contributed by atoms with Gasteiger partial charge in [0, 0.05) is 29.3 Å². The molecule has 1 amide bonds. The zero-order valence-corrected chi connectivity index (χ0v) is 18.8. The van der Waals surface area contributed by atoms with Gasteiger partial charge in [-0.25, -0.2) is 14.1 Å². The van der Waals surface area contributed by atoms with Crippen LogP contribution in [0, 0.1) is 11.2 Å². The van der Waals surface area contributed by atoms with Crippen molar-refractivity contribution in [2.75, 3.05) is 12.1 Å². The highest BCUT2D eigenvalue weighted by Crippen LogP contribution is 2.40. The van der Waals surface area contributed by atoms with Crippen LogP contribution in [0.3, 0.4) is 0 Å². The van der Waals surface area contributed by atoms with Crippen LogP contribution in [0.25, 0.3) is 22.2 Å². The molecule has 170 valence electrons. The molecule has 2 aromatic heterocycles. The lowest BCUT2D eigenvalue weighted by molar-refractivity contribution is -0.123. The van der Waals surface area contributed by atoms with Gasteiger partial charge in [-0.15, -0.1) is 0 Å². The molecule has 0 atom stereocenters. The van der Waals surface area contributed by atoms with E-state index in [1.54, 1.807) is 42.9 Å². The van der Waals surface area contributed by atoms with Crippen molar-refractivity contribution in [3.05, 3.63) is 30.2 Å². The minimum absolute atomic E-state index is 0.0239. The zero-order chi connectivity index (χ0) is 23.3. The molecule has 1 aliphatic heterocycles. The maximum atomic E-state index is 15.0. The van der Waals surface area contributed by atoms with Crippen molar-refractivity contribution in [3.63, 3.8) is 0 Å². The van der Waals surface area contributed by atoms with Crippen molar-refractivity contribution in [1.29, 1.82) is 0 Å². The van der Waals surface area contributed by atoms with E-state index in [1.807, 2.05) is 20.8 Å². The molecular weight excluding hydrogens is 415 g/mol. The summed E-state index contributed by atoms with van der Waals surface area (Å²) in [6.07, 6.45) is 2.00. The minimum atomic E-state index is -0.886. The van der Waals surface area contributed by atoms with Gasteiger partial charge in [-0.2, -0.15) is 5.10 Å². The normalized spacial score (nSPS) is 13.6. The summed E-state index contributed by atoms with van der Waals surface area (Å²) in [7, 11) is 0. The van der Waals surface area contributed by atoms with Crippen LogP contribution in [0.1, 0.15) is 41.0 Å². The second-order valence-corrected chi connectivity index (χ2v) is 9.59. The number of aromatic nitrogens is 3. The molecule has 0 saturated heterocycles. The monoisotopic (exact) mass is 442 g/mol. The van der Waals surface area contributed by atoms with E-state index in [0.29, 0.717) is 46.7 Å². The van der Waals surface area contributed by atoms with Crippen LogP contribution >= 0.6 is 0 Å². The lowest BCUT2D eigenvalue weighted by Crippen LogP contribution is -2.28. The van der Waals surface area contributed by atoms with E-state index in [0.717, 1.165) is 0 Å². The topological polar surface area (TPSA) is 98.5 Å². The molecule has 0 aliphatic carbocycles. The minimum Gasteiger partial charge on any atom is -0.453 e. The van der Waals surface area contributed by atoms with Gasteiger partial charge >= 0.3 is 0 Å². The number of amides is 1. The highest BCUT2D eigenvalue weighted by atomic mass is 19.1. The lowest BCUT2D eigenvalue weighted by atomic mass is 9.96. The number of halogens is 1. The third-order valence-electron chi connectivity index (χ3n) is 5.23. The Morgan fingerprint density at radius 2 is 2.00 bits per heavy atom. The Morgan fingerprint density at radius 3 is 2.69 bits per heavy atom. The van der Waals surface area contributed by atoms with E-state index >= 15 is 4.39 Å². The van der Waals surface area contributed by atoms with Crippen molar-refractivity contribution >= 4 is 22.8 Å². The Bertz CT molecular complexity index is 1190. The first-order chi connectivity index (χ1) is 14.9. The first kappa shape index (κ1) is 22.0. The molecule has 3 aromatic rings. The number of aliphatic hydroxyl groups is 1. The third kappa shape index (κ3) is 4.25. The van der Waals surface area contributed by atoms with Crippen LogP contribution in [-0.2, 0) is 11.3 Å². The number of aryl methyl sites for hydroxylation is 1. The van der Waals surface area contributed by atoms with Crippen LogP contribution in [0.15, 0.2) is 24.4 Å². The quantitative estimate of drug-likeness (QED) is 0.617. The first-order valence-electron chi connectivity index (χ1n) is 10.4. The average Bonchev–Trinajstić information content (AvgIpc) is 3.30. The zero-order valence-electron chi connectivity index (χ0n) is 18.8. The molecule has 3 heterocycles. The molecule has 1 aliphatic rings. The fourth-order valence-corrected chi connectivity index (χ4v) is 3.29. The van der Waals surface area contributed by atoms with E-state index in [9.17, 15) is 9.90 Å². The largest absolute Gasteiger partial charge is 0.453 e. The van der Waals surface area contributed by atoms with Gasteiger partial charge < -0.3 is 19.9 Å². The van der Waals surface area contributed by atoms with Gasteiger partial charge in [-0.05, 0) is 38.5 Å². The molecule has 0 radical (unpaired) electrons. The Balaban J connectivity index is 1.80. The first-order valence-corrected chi connectivity index (χ1v) is 10.4. The van der Waals surface area contributed by atoms with Gasteiger partial charge in [0.15, 0.2) is 23.0 Å². The summed E-state index contributed by atoms with van der Waals surface area (Å²) in [4.78, 5) is 17.1. The molecule has 4 rings (SSSR count). The lowest BCUT2D eigenvalue weighted by Gasteiger charge is -2.17. The summed E-state index contributed by atoms with van der Waals surface area (Å²) >= 11 is 0. The molecule has 32 heavy (non-hydrogen) atoms. The number of fused-ring (bicyclic) bond motifs is 2. The molecular formula is C23H27FN4O4. The van der Waals surface area contributed by atoms with Crippen LogP contribution < -0.4 is 14.8 Å². The van der Waals surface area contributed by atoms with E-state index in [1.165, 1.54) is 0 Å². The number of anilines is 1. The predicted molar refractivity (Wildman–Crippen MR) is 118 cm³/mol. The van der Waals surface area contributed by atoms with Gasteiger partial charge in [-0.1, -0.05) is 20.8 Å². The third-order valence-corrected chi connectivity index (χ3v) is 5.23. The van der Waals surface area contributed by atoms with Crippen molar-refractivity contribution in [2.24, 2.45) is 5.41 Å². The fourth-order valence-electron chi connectivity index (χ4n) is 3.29. The molecule has 2 N–H and O–H groups in total. The van der Waals surface area contributed by atoms with E-state index < -0.39 is 16.8 Å². The number of carbonyl (C=O) groups excluding carboxylic acids is 1. The van der Waals surface area contributed by atoms with Crippen LogP contribution in [0.4, 0.5) is 10.2 Å². The second-order valence-electron chi connectivity index (χ2n) is 9.59. The summed E-state index contributed by atoms with van der Waals surface area (Å²) in [6.45, 7) is 9.23. The van der Waals surface area contributed by atoms with Gasteiger partial charge in [-0.3, -0.25) is 4.79 Å². The van der Waals surface area contributed by atoms with Gasteiger partial charge in [0.25, 0.3) is 0 Å². The fraction of sp³-hybridized carbons (Fsp3) is 0.435. The Kier molecular flexibility index (Phi) is 5.32. The number of hydrogen-bond donors (Lipinski definition) is 2. The van der Waals surface area contributed by atoms with Gasteiger partial charge in [0.05, 0.1) is 11.0 Å². The summed E-state index contributed by atoms with van der Waals surface area (Å²) in [5.74, 6) is 0.0378. The van der Waals surface area contributed by atoms with E-state index in [4.69, 9.17) is 9.47 Å². The smallest absolute Gasteiger partial charge is 0.231 e. The predicted octanol–water partition coefficient (Wildman–Crippen LogP) is 4.11. The van der Waals surface area contributed by atoms with Gasteiger partial charge in [0.1, 0.15) is 0 Å². The Morgan fingerprint density at radius 1 is 1.25 bits per heavy atom. The highest BCUT2D eigenvalue weighted by molar-refractivity contribution is 6.01. The second kappa shape index (κ2) is 7.74. The number of benzene rings is 1. The van der Waals surface area contributed by atoms with Crippen molar-refractivity contribution in [2.45, 2.75) is 53.2 Å². The molecule has 0 unspecified atom stereocenters. The van der Waals surface area contributed by atoms with Crippen LogP contribution in [-0.4, -0.2) is 38.2 Å². The highest BCUT2D eigenvalue weighted by Gasteiger charge is 2.26. The summed E-state index contributed by atoms with van der Waals surface area (Å²) in [5, 5.41) is 18.1. The number of rotatable bonds is 5. The molecule has 9 heteroatoms. The number of pyridine rings is 1. The maximum Gasteiger partial charge on any atom is 0.231 e. The number of nitrogens with one attached hydrogen (secondary N) is 1. The summed E-state index contributed by atoms with van der Waals surface area (Å²) < 4.78 is 27.2. The number of hydrogen-bond acceptors (Lipinski definition) is 6. The molecule has 1 aromatic carbocycles. The molecule has 8 nitrogen and oxygen atoms in total. The number of nitrogens with zero attached hydrogens (tertiary/aromatic N) is 3. The Hall–Kier alpha value is -3.20. The molecule has 0 saturated carbocycles. The molecule has 0 bridgehead atoms. The van der Waals surface area contributed by atoms with E-state index in [2.05, 4.69) is 15.4 Å². The number of ether oxygens (including phenoxy) is 2. The van der Waals surface area contributed by atoms with Crippen LogP contribution in [0.5, 0.6) is 11.5 Å². The molecule has 0 fully saturated rings. The van der Waals surface area contributed by atoms with Gasteiger partial charge in [0.2, 0.25) is 18.4 Å². The maximum absolute atomic E-state index is 15.0. The van der Waals surface area contributed by atoms with Crippen molar-refractivity contribution < 1.29 is 23.8 Å². The van der Waals surface area contributed by atoms with Crippen LogP contribution in [0.2, 0.25) is 0 Å². The standard InChI is InChI=1S/C23H27FN4O4/c1-22(2,3)21(29)26-19-15-10-13(14-6-7-16-18(17(14)24)32-12-31-16)11-25-20(15)28(27-19)9-8-23(4,5)30/h6-7,10-11,30H,8-9,12H2,1-5H3,(H,26,27,29). The average molecular weight is 442 g/mol. The number of carbonyl (C=O) groups is 1. The Labute approximate surface area is 185 Å². The van der Waals surface area contributed by atoms with Crippen molar-refractivity contribution in [3.8, 4) is 22.6 Å². The van der Waals surface area contributed by atoms with Crippen molar-refractivity contribution in [1.82, 2.24) is 14.8 Å². The summed E-state index contributed by atoms with van der Waals surface area (Å²) in [6, 6.07) is 5.01. The molecule has 0 spiro atoms.